The molecule has 0 spiro atoms. The molecule has 0 amide bonds. The molecule has 3 nitrogen and oxygen atoms in total. The van der Waals surface area contributed by atoms with Gasteiger partial charge in [0.15, 0.2) is 11.5 Å². The highest BCUT2D eigenvalue weighted by molar-refractivity contribution is 6.30. The fraction of sp³-hybridized carbons (Fsp3) is 0.368. The van der Waals surface area contributed by atoms with E-state index in [4.69, 9.17) is 21.1 Å². The van der Waals surface area contributed by atoms with Crippen LogP contribution in [0.5, 0.6) is 11.5 Å². The average Bonchev–Trinajstić information content (AvgIpc) is 2.88. The number of aryl methyl sites for hydroxylation is 2. The van der Waals surface area contributed by atoms with Gasteiger partial charge in [-0.2, -0.15) is 0 Å². The van der Waals surface area contributed by atoms with Crippen molar-refractivity contribution in [1.29, 1.82) is 0 Å². The molecular formula is C19H20ClNO2. The smallest absolute Gasteiger partial charge is 0.163 e. The number of fused-ring (bicyclic) bond motifs is 1. The van der Waals surface area contributed by atoms with Gasteiger partial charge in [0.05, 0.1) is 0 Å². The molecule has 1 heterocycles. The molecule has 120 valence electrons. The van der Waals surface area contributed by atoms with Crippen LogP contribution in [0.25, 0.3) is 0 Å². The van der Waals surface area contributed by atoms with Crippen LogP contribution < -0.4 is 14.8 Å². The quantitative estimate of drug-likeness (QED) is 0.917. The van der Waals surface area contributed by atoms with E-state index < -0.39 is 0 Å². The van der Waals surface area contributed by atoms with Gasteiger partial charge in [0, 0.05) is 24.2 Å². The van der Waals surface area contributed by atoms with Crippen molar-refractivity contribution in [2.75, 3.05) is 13.1 Å². The number of benzene rings is 2. The van der Waals surface area contributed by atoms with Crippen molar-refractivity contribution in [3.63, 3.8) is 0 Å². The van der Waals surface area contributed by atoms with Gasteiger partial charge >= 0.3 is 0 Å². The summed E-state index contributed by atoms with van der Waals surface area (Å²) >= 11 is 6.13. The lowest BCUT2D eigenvalue weighted by Gasteiger charge is -2.29. The van der Waals surface area contributed by atoms with Gasteiger partial charge in [0.25, 0.3) is 0 Å². The lowest BCUT2D eigenvalue weighted by molar-refractivity contribution is 0.127. The molecule has 2 aliphatic rings. The van der Waals surface area contributed by atoms with Crippen molar-refractivity contribution >= 4 is 11.6 Å². The van der Waals surface area contributed by atoms with E-state index in [-0.39, 0.29) is 12.2 Å². The molecule has 0 aromatic heterocycles. The highest BCUT2D eigenvalue weighted by Gasteiger charge is 2.26. The van der Waals surface area contributed by atoms with Gasteiger partial charge in [0.2, 0.25) is 0 Å². The Balaban J connectivity index is 1.58. The Bertz CT molecular complexity index is 727. The molecule has 1 aliphatic heterocycles. The molecule has 2 aromatic carbocycles. The first-order valence-electron chi connectivity index (χ1n) is 8.12. The van der Waals surface area contributed by atoms with Crippen LogP contribution in [0.15, 0.2) is 36.4 Å². The Morgan fingerprint density at radius 2 is 1.91 bits per heavy atom. The maximum atomic E-state index is 6.31. The van der Waals surface area contributed by atoms with E-state index >= 15 is 0 Å². The fourth-order valence-electron chi connectivity index (χ4n) is 3.16. The van der Waals surface area contributed by atoms with E-state index in [2.05, 4.69) is 30.4 Å². The van der Waals surface area contributed by atoms with Crippen molar-refractivity contribution < 1.29 is 9.47 Å². The molecule has 1 fully saturated rings. The van der Waals surface area contributed by atoms with Crippen molar-refractivity contribution in [2.24, 2.45) is 0 Å². The number of hydrogen-bond donors (Lipinski definition) is 1. The lowest BCUT2D eigenvalue weighted by Crippen LogP contribution is -2.50. The Hall–Kier alpha value is -1.71. The van der Waals surface area contributed by atoms with E-state index in [1.807, 2.05) is 18.2 Å². The molecule has 0 radical (unpaired) electrons. The third kappa shape index (κ3) is 3.04. The lowest BCUT2D eigenvalue weighted by atomic mass is 10.1. The van der Waals surface area contributed by atoms with Crippen molar-refractivity contribution in [3.8, 4) is 11.5 Å². The summed E-state index contributed by atoms with van der Waals surface area (Å²) in [6.45, 7) is 3.87. The number of ether oxygens (including phenoxy) is 2. The van der Waals surface area contributed by atoms with Crippen molar-refractivity contribution in [2.45, 2.75) is 32.0 Å². The predicted molar refractivity (Wildman–Crippen MR) is 91.6 cm³/mol. The summed E-state index contributed by atoms with van der Waals surface area (Å²) in [5.41, 5.74) is 3.96. The summed E-state index contributed by atoms with van der Waals surface area (Å²) in [5.74, 6) is 1.52. The number of halogens is 1. The maximum Gasteiger partial charge on any atom is 0.163 e. The average molecular weight is 330 g/mol. The molecule has 4 heteroatoms. The second-order valence-electron chi connectivity index (χ2n) is 6.34. The third-order valence-electron chi connectivity index (χ3n) is 4.54. The van der Waals surface area contributed by atoms with Crippen molar-refractivity contribution in [3.05, 3.63) is 58.1 Å². The minimum Gasteiger partial charge on any atom is -0.484 e. The monoisotopic (exact) mass is 329 g/mol. The minimum atomic E-state index is 0.0907. The Morgan fingerprint density at radius 1 is 1.04 bits per heavy atom. The molecule has 1 unspecified atom stereocenters. The first kappa shape index (κ1) is 14.9. The van der Waals surface area contributed by atoms with Gasteiger partial charge in [0.1, 0.15) is 12.2 Å². The van der Waals surface area contributed by atoms with Gasteiger partial charge < -0.3 is 14.8 Å². The van der Waals surface area contributed by atoms with E-state index in [1.54, 1.807) is 0 Å². The summed E-state index contributed by atoms with van der Waals surface area (Å²) in [5, 5.41) is 3.88. The van der Waals surface area contributed by atoms with E-state index in [0.717, 1.165) is 37.4 Å². The first-order chi connectivity index (χ1) is 11.2. The van der Waals surface area contributed by atoms with Gasteiger partial charge in [-0.1, -0.05) is 35.4 Å². The van der Waals surface area contributed by atoms with Crippen LogP contribution in [0.3, 0.4) is 0 Å². The standard InChI is InChI=1S/C19H20ClNO2/c1-12-2-3-13-4-6-17(16(13)8-12)23-18-7-5-14(20)9-19(18)22-15-10-21-11-15/h2-3,5,7-9,15,17,21H,4,6,10-11H2,1H3. The largest absolute Gasteiger partial charge is 0.484 e. The van der Waals surface area contributed by atoms with Crippen LogP contribution in [0, 0.1) is 6.92 Å². The van der Waals surface area contributed by atoms with Crippen LogP contribution in [-0.2, 0) is 6.42 Å². The van der Waals surface area contributed by atoms with Gasteiger partial charge in [-0.25, -0.2) is 0 Å². The number of rotatable bonds is 4. The Labute approximate surface area is 141 Å². The second kappa shape index (κ2) is 6.06. The van der Waals surface area contributed by atoms with Gasteiger partial charge in [-0.3, -0.25) is 0 Å². The zero-order valence-corrected chi connectivity index (χ0v) is 13.9. The molecule has 23 heavy (non-hydrogen) atoms. The van der Waals surface area contributed by atoms with E-state index in [1.165, 1.54) is 16.7 Å². The van der Waals surface area contributed by atoms with Crippen LogP contribution in [0.1, 0.15) is 29.2 Å². The first-order valence-corrected chi connectivity index (χ1v) is 8.50. The zero-order valence-electron chi connectivity index (χ0n) is 13.1. The number of hydrogen-bond acceptors (Lipinski definition) is 3. The van der Waals surface area contributed by atoms with Crippen LogP contribution in [0.4, 0.5) is 0 Å². The Morgan fingerprint density at radius 3 is 2.70 bits per heavy atom. The second-order valence-corrected chi connectivity index (χ2v) is 6.77. The molecule has 4 rings (SSSR count). The van der Waals surface area contributed by atoms with Crippen LogP contribution in [-0.4, -0.2) is 19.2 Å². The van der Waals surface area contributed by atoms with Crippen LogP contribution >= 0.6 is 11.6 Å². The molecule has 2 aromatic rings. The third-order valence-corrected chi connectivity index (χ3v) is 4.77. The molecule has 1 N–H and O–H groups in total. The molecule has 1 aliphatic carbocycles. The highest BCUT2D eigenvalue weighted by Crippen LogP contribution is 2.39. The molecular weight excluding hydrogens is 310 g/mol. The minimum absolute atomic E-state index is 0.0907. The summed E-state index contributed by atoms with van der Waals surface area (Å²) in [6, 6.07) is 12.2. The zero-order chi connectivity index (χ0) is 15.8. The highest BCUT2D eigenvalue weighted by atomic mass is 35.5. The molecule has 1 saturated heterocycles. The molecule has 1 atom stereocenters. The van der Waals surface area contributed by atoms with Gasteiger partial charge in [-0.15, -0.1) is 0 Å². The normalized spacial score (nSPS) is 20.0. The Kier molecular flexibility index (Phi) is 3.92. The fourth-order valence-corrected chi connectivity index (χ4v) is 3.32. The van der Waals surface area contributed by atoms with E-state index in [0.29, 0.717) is 5.02 Å². The SMILES string of the molecule is Cc1ccc2c(c1)C(Oc1ccc(Cl)cc1OC1CNC1)CC2. The summed E-state index contributed by atoms with van der Waals surface area (Å²) in [4.78, 5) is 0. The molecule has 0 saturated carbocycles. The number of nitrogens with one attached hydrogen (secondary N) is 1. The maximum absolute atomic E-state index is 6.31. The summed E-state index contributed by atoms with van der Waals surface area (Å²) < 4.78 is 12.3. The van der Waals surface area contributed by atoms with Gasteiger partial charge in [-0.05, 0) is 43.0 Å². The topological polar surface area (TPSA) is 30.5 Å². The predicted octanol–water partition coefficient (Wildman–Crippen LogP) is 4.07. The summed E-state index contributed by atoms with van der Waals surface area (Å²) in [6.07, 6.45) is 2.37. The van der Waals surface area contributed by atoms with Crippen LogP contribution in [0.2, 0.25) is 5.02 Å². The van der Waals surface area contributed by atoms with E-state index in [9.17, 15) is 0 Å². The van der Waals surface area contributed by atoms with Crippen molar-refractivity contribution in [1.82, 2.24) is 5.32 Å². The molecule has 0 bridgehead atoms. The summed E-state index contributed by atoms with van der Waals surface area (Å²) in [7, 11) is 0.